The maximum absolute atomic E-state index is 12.6. The zero-order valence-corrected chi connectivity index (χ0v) is 18.2. The van der Waals surface area contributed by atoms with Gasteiger partial charge in [0.05, 0.1) is 43.2 Å². The van der Waals surface area contributed by atoms with Crippen LogP contribution in [0.25, 0.3) is 27.8 Å². The van der Waals surface area contributed by atoms with Crippen LogP contribution in [-0.4, -0.2) is 39.3 Å². The van der Waals surface area contributed by atoms with E-state index in [1.54, 1.807) is 18.5 Å². The van der Waals surface area contributed by atoms with Crippen LogP contribution < -0.4 is 9.47 Å². The molecule has 0 amide bonds. The Balaban J connectivity index is 1.76. The van der Waals surface area contributed by atoms with E-state index in [1.807, 2.05) is 52.8 Å². The Morgan fingerprint density at radius 3 is 2.50 bits per heavy atom. The molecule has 0 aliphatic rings. The minimum atomic E-state index is -0.195. The van der Waals surface area contributed by atoms with Crippen molar-refractivity contribution in [1.82, 2.24) is 19.3 Å². The molecule has 162 valence electrons. The summed E-state index contributed by atoms with van der Waals surface area (Å²) in [5, 5.41) is 13.2. The molecule has 0 bridgehead atoms. The third-order valence-electron chi connectivity index (χ3n) is 5.35. The number of benzene rings is 2. The van der Waals surface area contributed by atoms with E-state index in [-0.39, 0.29) is 18.6 Å². The maximum atomic E-state index is 12.6. The average Bonchev–Trinajstić information content (AvgIpc) is 3.48. The van der Waals surface area contributed by atoms with Crippen LogP contribution in [0.15, 0.2) is 49.1 Å². The number of hydrogen-bond acceptors (Lipinski definition) is 6. The summed E-state index contributed by atoms with van der Waals surface area (Å²) in [7, 11) is 3.02. The Labute approximate surface area is 185 Å². The van der Waals surface area contributed by atoms with Crippen LogP contribution in [0, 0.1) is 11.3 Å². The van der Waals surface area contributed by atoms with Crippen molar-refractivity contribution in [2.75, 3.05) is 14.2 Å². The highest BCUT2D eigenvalue weighted by Crippen LogP contribution is 2.35. The minimum absolute atomic E-state index is 0.105. The zero-order valence-electron chi connectivity index (χ0n) is 18.2. The van der Waals surface area contributed by atoms with Gasteiger partial charge in [-0.1, -0.05) is 6.07 Å². The highest BCUT2D eigenvalue weighted by Gasteiger charge is 2.21. The highest BCUT2D eigenvalue weighted by atomic mass is 16.5. The highest BCUT2D eigenvalue weighted by molar-refractivity contribution is 6.02. The first kappa shape index (κ1) is 21.1. The fourth-order valence-corrected chi connectivity index (χ4v) is 3.69. The van der Waals surface area contributed by atoms with Crippen molar-refractivity contribution < 1.29 is 14.3 Å². The third-order valence-corrected chi connectivity index (χ3v) is 5.35. The van der Waals surface area contributed by atoms with Gasteiger partial charge in [-0.25, -0.2) is 4.98 Å². The second-order valence-electron chi connectivity index (χ2n) is 7.21. The first-order chi connectivity index (χ1) is 15.6. The van der Waals surface area contributed by atoms with Gasteiger partial charge in [0.15, 0.2) is 5.78 Å². The lowest BCUT2D eigenvalue weighted by Gasteiger charge is -2.15. The lowest BCUT2D eigenvalue weighted by molar-refractivity contribution is 0.0978. The summed E-state index contributed by atoms with van der Waals surface area (Å²) in [6, 6.07) is 11.6. The molecule has 0 fully saturated rings. The SMILES string of the molecule is CCn1cc(-c2ccc3c(c2)ncn3-c2cc(OC)c(C(=O)CCC#N)c(OC)c2)cn1. The van der Waals surface area contributed by atoms with Gasteiger partial charge in [0.25, 0.3) is 0 Å². The number of hydrogen-bond donors (Lipinski definition) is 0. The van der Waals surface area contributed by atoms with Crippen LogP contribution in [0.3, 0.4) is 0 Å². The Bertz CT molecular complexity index is 1300. The maximum Gasteiger partial charge on any atom is 0.171 e. The number of imidazole rings is 1. The van der Waals surface area contributed by atoms with Crippen molar-refractivity contribution in [3.05, 3.63) is 54.6 Å². The molecule has 2 aromatic carbocycles. The molecule has 0 unspecified atom stereocenters. The molecular formula is C24H23N5O3. The number of ketones is 1. The Morgan fingerprint density at radius 2 is 1.88 bits per heavy atom. The van der Waals surface area contributed by atoms with Crippen molar-refractivity contribution >= 4 is 16.8 Å². The van der Waals surface area contributed by atoms with E-state index >= 15 is 0 Å². The van der Waals surface area contributed by atoms with Crippen molar-refractivity contribution in [3.8, 4) is 34.4 Å². The van der Waals surface area contributed by atoms with Crippen molar-refractivity contribution in [3.63, 3.8) is 0 Å². The molecule has 0 aliphatic heterocycles. The predicted molar refractivity (Wildman–Crippen MR) is 120 cm³/mol. The van der Waals surface area contributed by atoms with Gasteiger partial charge in [0.1, 0.15) is 23.4 Å². The van der Waals surface area contributed by atoms with Crippen LogP contribution in [0.1, 0.15) is 30.1 Å². The monoisotopic (exact) mass is 429 g/mol. The summed E-state index contributed by atoms with van der Waals surface area (Å²) in [6.07, 6.45) is 5.83. The number of nitrogens with zero attached hydrogens (tertiary/aromatic N) is 5. The van der Waals surface area contributed by atoms with Gasteiger partial charge in [-0.05, 0) is 24.6 Å². The summed E-state index contributed by atoms with van der Waals surface area (Å²) >= 11 is 0. The molecule has 0 aliphatic carbocycles. The lowest BCUT2D eigenvalue weighted by atomic mass is 10.0. The molecule has 4 aromatic rings. The molecule has 4 rings (SSSR count). The molecule has 0 spiro atoms. The van der Waals surface area contributed by atoms with Crippen molar-refractivity contribution in [2.45, 2.75) is 26.3 Å². The molecule has 8 nitrogen and oxygen atoms in total. The fraction of sp³-hybridized carbons (Fsp3) is 0.250. The summed E-state index contributed by atoms with van der Waals surface area (Å²) in [4.78, 5) is 17.2. The smallest absolute Gasteiger partial charge is 0.171 e. The first-order valence-corrected chi connectivity index (χ1v) is 10.3. The largest absolute Gasteiger partial charge is 0.496 e. The van der Waals surface area contributed by atoms with Crippen LogP contribution in [-0.2, 0) is 6.54 Å². The second-order valence-corrected chi connectivity index (χ2v) is 7.21. The zero-order chi connectivity index (χ0) is 22.7. The van der Waals surface area contributed by atoms with E-state index in [4.69, 9.17) is 14.7 Å². The van der Waals surface area contributed by atoms with E-state index in [2.05, 4.69) is 10.1 Å². The van der Waals surface area contributed by atoms with Crippen LogP contribution >= 0.6 is 0 Å². The number of Topliss-reactive ketones (excluding diaryl/α,β-unsaturated/α-hetero) is 1. The molecule has 2 heterocycles. The molecule has 0 N–H and O–H groups in total. The Morgan fingerprint density at radius 1 is 1.12 bits per heavy atom. The van der Waals surface area contributed by atoms with Crippen molar-refractivity contribution in [1.29, 1.82) is 5.26 Å². The number of carbonyl (C=O) groups excluding carboxylic acids is 1. The van der Waals surface area contributed by atoms with E-state index in [1.165, 1.54) is 14.2 Å². The van der Waals surface area contributed by atoms with E-state index in [9.17, 15) is 4.79 Å². The molecular weight excluding hydrogens is 406 g/mol. The quantitative estimate of drug-likeness (QED) is 0.385. The number of carbonyl (C=O) groups is 1. The number of rotatable bonds is 8. The normalized spacial score (nSPS) is 10.8. The van der Waals surface area contributed by atoms with Crippen LogP contribution in [0.2, 0.25) is 0 Å². The number of fused-ring (bicyclic) bond motifs is 1. The van der Waals surface area contributed by atoms with Gasteiger partial charge in [-0.15, -0.1) is 0 Å². The van der Waals surface area contributed by atoms with Gasteiger partial charge < -0.3 is 9.47 Å². The second kappa shape index (κ2) is 8.94. The molecule has 32 heavy (non-hydrogen) atoms. The van der Waals surface area contributed by atoms with Gasteiger partial charge in [0, 0.05) is 43.3 Å². The summed E-state index contributed by atoms with van der Waals surface area (Å²) in [5.74, 6) is 0.597. The number of ether oxygens (including phenoxy) is 2. The minimum Gasteiger partial charge on any atom is -0.496 e. The van der Waals surface area contributed by atoms with E-state index in [0.29, 0.717) is 17.1 Å². The number of aromatic nitrogens is 4. The standard InChI is InChI=1S/C24H23N5O3/c1-4-28-14-17(13-27-28)16-7-8-20-19(10-16)26-15-29(20)18-11-22(31-2)24(23(12-18)32-3)21(30)6-5-9-25/h7-8,10-15H,4-6H2,1-3H3. The third kappa shape index (κ3) is 3.81. The fourth-order valence-electron chi connectivity index (χ4n) is 3.69. The topological polar surface area (TPSA) is 95.0 Å². The first-order valence-electron chi connectivity index (χ1n) is 10.3. The number of aryl methyl sites for hydroxylation is 1. The molecule has 0 radical (unpaired) electrons. The molecule has 0 atom stereocenters. The van der Waals surface area contributed by atoms with Gasteiger partial charge in [-0.2, -0.15) is 10.4 Å². The molecule has 2 aromatic heterocycles. The van der Waals surface area contributed by atoms with E-state index in [0.717, 1.165) is 34.4 Å². The van der Waals surface area contributed by atoms with Gasteiger partial charge in [-0.3, -0.25) is 14.0 Å². The van der Waals surface area contributed by atoms with Gasteiger partial charge in [0.2, 0.25) is 0 Å². The Kier molecular flexibility index (Phi) is 5.90. The van der Waals surface area contributed by atoms with Gasteiger partial charge >= 0.3 is 0 Å². The van der Waals surface area contributed by atoms with Crippen LogP contribution in [0.5, 0.6) is 11.5 Å². The summed E-state index contributed by atoms with van der Waals surface area (Å²) < 4.78 is 14.8. The molecule has 0 saturated heterocycles. The number of nitriles is 1. The molecule has 8 heteroatoms. The lowest BCUT2D eigenvalue weighted by Crippen LogP contribution is -2.06. The predicted octanol–water partition coefficient (Wildman–Crippen LogP) is 4.41. The summed E-state index contributed by atoms with van der Waals surface area (Å²) in [5.41, 5.74) is 4.91. The Hall–Kier alpha value is -4.12. The number of methoxy groups -OCH3 is 2. The van der Waals surface area contributed by atoms with E-state index < -0.39 is 0 Å². The molecule has 0 saturated carbocycles. The average molecular weight is 429 g/mol. The van der Waals surface area contributed by atoms with Crippen LogP contribution in [0.4, 0.5) is 0 Å². The van der Waals surface area contributed by atoms with Crippen molar-refractivity contribution in [2.24, 2.45) is 0 Å². The summed E-state index contributed by atoms with van der Waals surface area (Å²) in [6.45, 7) is 2.86.